The van der Waals surface area contributed by atoms with Crippen molar-refractivity contribution in [3.05, 3.63) is 80.7 Å². The van der Waals surface area contributed by atoms with Gasteiger partial charge in [0.15, 0.2) is 5.82 Å². The average molecular weight is 312 g/mol. The first-order valence-corrected chi connectivity index (χ1v) is 7.27. The van der Waals surface area contributed by atoms with Crippen LogP contribution in [0.4, 0.5) is 0 Å². The Labute approximate surface area is 132 Å². The van der Waals surface area contributed by atoms with Gasteiger partial charge in [-0.2, -0.15) is 5.10 Å². The summed E-state index contributed by atoms with van der Waals surface area (Å²) in [6.45, 7) is 2.02. The number of aromatic amines is 1. The molecular formula is C17H14ClN3O. The van der Waals surface area contributed by atoms with Crippen molar-refractivity contribution in [1.82, 2.24) is 15.2 Å². The molecule has 0 saturated carbocycles. The van der Waals surface area contributed by atoms with Gasteiger partial charge >= 0.3 is 0 Å². The highest BCUT2D eigenvalue weighted by Crippen LogP contribution is 2.15. The zero-order valence-corrected chi connectivity index (χ0v) is 12.8. The van der Waals surface area contributed by atoms with Crippen LogP contribution in [-0.4, -0.2) is 15.2 Å². The monoisotopic (exact) mass is 311 g/mol. The van der Waals surface area contributed by atoms with Crippen LogP contribution in [0.1, 0.15) is 16.8 Å². The molecule has 0 amide bonds. The summed E-state index contributed by atoms with van der Waals surface area (Å²) in [4.78, 5) is 16.3. The van der Waals surface area contributed by atoms with E-state index in [1.165, 1.54) is 0 Å². The Hall–Kier alpha value is -2.46. The molecule has 3 aromatic rings. The number of halogens is 1. The van der Waals surface area contributed by atoms with Crippen molar-refractivity contribution >= 4 is 11.6 Å². The van der Waals surface area contributed by atoms with E-state index < -0.39 is 0 Å². The van der Waals surface area contributed by atoms with Crippen LogP contribution in [0.2, 0.25) is 5.02 Å². The van der Waals surface area contributed by atoms with E-state index in [1.54, 1.807) is 12.1 Å². The van der Waals surface area contributed by atoms with E-state index >= 15 is 0 Å². The quantitative estimate of drug-likeness (QED) is 0.806. The minimum Gasteiger partial charge on any atom is -0.266 e. The Kier molecular flexibility index (Phi) is 4.02. The number of aryl methyl sites for hydroxylation is 1. The number of nitrogens with zero attached hydrogens (tertiary/aromatic N) is 2. The number of hydrogen-bond acceptors (Lipinski definition) is 3. The summed E-state index contributed by atoms with van der Waals surface area (Å²) in [7, 11) is 0. The lowest BCUT2D eigenvalue weighted by Crippen LogP contribution is -2.18. The van der Waals surface area contributed by atoms with Crippen molar-refractivity contribution in [3.8, 4) is 11.4 Å². The Morgan fingerprint density at radius 3 is 2.41 bits per heavy atom. The van der Waals surface area contributed by atoms with Crippen molar-refractivity contribution < 1.29 is 0 Å². The van der Waals surface area contributed by atoms with E-state index in [4.69, 9.17) is 11.6 Å². The maximum Gasteiger partial charge on any atom is 0.286 e. The molecule has 2 aromatic carbocycles. The van der Waals surface area contributed by atoms with Crippen LogP contribution < -0.4 is 5.56 Å². The van der Waals surface area contributed by atoms with E-state index in [-0.39, 0.29) is 5.56 Å². The van der Waals surface area contributed by atoms with Crippen LogP contribution in [0, 0.1) is 6.92 Å². The van der Waals surface area contributed by atoms with E-state index in [2.05, 4.69) is 15.2 Å². The Balaban J connectivity index is 1.94. The predicted molar refractivity (Wildman–Crippen MR) is 87.1 cm³/mol. The largest absolute Gasteiger partial charge is 0.286 e. The fourth-order valence-electron chi connectivity index (χ4n) is 2.12. The van der Waals surface area contributed by atoms with Crippen LogP contribution in [0.3, 0.4) is 0 Å². The van der Waals surface area contributed by atoms with Gasteiger partial charge in [0.05, 0.1) is 0 Å². The molecule has 0 aliphatic heterocycles. The molecule has 110 valence electrons. The molecule has 4 nitrogen and oxygen atoms in total. The molecule has 0 spiro atoms. The lowest BCUT2D eigenvalue weighted by molar-refractivity contribution is 0.883. The summed E-state index contributed by atoms with van der Waals surface area (Å²) in [5.41, 5.74) is 3.18. The van der Waals surface area contributed by atoms with E-state index in [9.17, 15) is 4.79 Å². The van der Waals surface area contributed by atoms with Crippen LogP contribution in [-0.2, 0) is 6.42 Å². The van der Waals surface area contributed by atoms with Crippen LogP contribution in [0.5, 0.6) is 0 Å². The fourth-order valence-corrected chi connectivity index (χ4v) is 2.24. The molecule has 3 rings (SSSR count). The second kappa shape index (κ2) is 6.12. The van der Waals surface area contributed by atoms with Gasteiger partial charge in [0, 0.05) is 17.0 Å². The van der Waals surface area contributed by atoms with E-state index in [0.29, 0.717) is 23.0 Å². The van der Waals surface area contributed by atoms with Crippen molar-refractivity contribution in [2.75, 3.05) is 0 Å². The lowest BCUT2D eigenvalue weighted by atomic mass is 10.1. The zero-order valence-electron chi connectivity index (χ0n) is 12.0. The molecule has 0 saturated heterocycles. The standard InChI is InChI=1S/C17H14ClN3O/c1-11-2-6-13(7-3-11)16-19-15(17(22)21-20-16)10-12-4-8-14(18)9-5-12/h2-9H,10H2,1H3,(H,21,22). The Morgan fingerprint density at radius 1 is 1.05 bits per heavy atom. The van der Waals surface area contributed by atoms with Crippen LogP contribution in [0.15, 0.2) is 53.3 Å². The van der Waals surface area contributed by atoms with Crippen molar-refractivity contribution in [2.45, 2.75) is 13.3 Å². The van der Waals surface area contributed by atoms with Crippen molar-refractivity contribution in [2.24, 2.45) is 0 Å². The van der Waals surface area contributed by atoms with Crippen LogP contribution in [0.25, 0.3) is 11.4 Å². The van der Waals surface area contributed by atoms with Gasteiger partial charge < -0.3 is 0 Å². The van der Waals surface area contributed by atoms with Gasteiger partial charge in [0.2, 0.25) is 0 Å². The minimum atomic E-state index is -0.272. The van der Waals surface area contributed by atoms with Gasteiger partial charge in [-0.05, 0) is 24.6 Å². The SMILES string of the molecule is Cc1ccc(-c2n[nH]c(=O)c(Cc3ccc(Cl)cc3)n2)cc1. The Bertz CT molecular complexity index is 839. The van der Waals surface area contributed by atoms with Gasteiger partial charge in [-0.25, -0.2) is 10.1 Å². The summed E-state index contributed by atoms with van der Waals surface area (Å²) in [5.74, 6) is 0.517. The first-order chi connectivity index (χ1) is 10.6. The van der Waals surface area contributed by atoms with Gasteiger partial charge in [0.25, 0.3) is 5.56 Å². The summed E-state index contributed by atoms with van der Waals surface area (Å²) >= 11 is 5.87. The topological polar surface area (TPSA) is 58.6 Å². The smallest absolute Gasteiger partial charge is 0.266 e. The molecule has 1 N–H and O–H groups in total. The van der Waals surface area contributed by atoms with Crippen LogP contribution >= 0.6 is 11.6 Å². The molecule has 22 heavy (non-hydrogen) atoms. The molecule has 0 aliphatic rings. The summed E-state index contributed by atoms with van der Waals surface area (Å²) in [6.07, 6.45) is 0.438. The highest BCUT2D eigenvalue weighted by atomic mass is 35.5. The molecule has 0 bridgehead atoms. The average Bonchev–Trinajstić information content (AvgIpc) is 2.52. The number of rotatable bonds is 3. The van der Waals surface area contributed by atoms with Gasteiger partial charge in [-0.3, -0.25) is 4.79 Å². The molecule has 0 unspecified atom stereocenters. The molecule has 1 heterocycles. The molecule has 0 aliphatic carbocycles. The lowest BCUT2D eigenvalue weighted by Gasteiger charge is -2.04. The second-order valence-electron chi connectivity index (χ2n) is 5.10. The van der Waals surface area contributed by atoms with Gasteiger partial charge in [-0.1, -0.05) is 53.6 Å². The normalized spacial score (nSPS) is 10.6. The summed E-state index contributed by atoms with van der Waals surface area (Å²) < 4.78 is 0. The molecule has 0 radical (unpaired) electrons. The van der Waals surface area contributed by atoms with Crippen molar-refractivity contribution in [1.29, 1.82) is 0 Å². The number of aromatic nitrogens is 3. The number of benzene rings is 2. The summed E-state index contributed by atoms with van der Waals surface area (Å²) in [6, 6.07) is 15.2. The molecule has 0 atom stereocenters. The number of H-pyrrole nitrogens is 1. The molecule has 5 heteroatoms. The highest BCUT2D eigenvalue weighted by Gasteiger charge is 2.08. The third-order valence-corrected chi connectivity index (χ3v) is 3.61. The van der Waals surface area contributed by atoms with Gasteiger partial charge in [0.1, 0.15) is 5.69 Å². The molecular weight excluding hydrogens is 298 g/mol. The zero-order chi connectivity index (χ0) is 15.5. The van der Waals surface area contributed by atoms with Gasteiger partial charge in [-0.15, -0.1) is 0 Å². The molecule has 0 fully saturated rings. The summed E-state index contributed by atoms with van der Waals surface area (Å²) in [5, 5.41) is 7.21. The van der Waals surface area contributed by atoms with E-state index in [0.717, 1.165) is 16.7 Å². The fraction of sp³-hybridized carbons (Fsp3) is 0.118. The highest BCUT2D eigenvalue weighted by molar-refractivity contribution is 6.30. The maximum atomic E-state index is 11.9. The Morgan fingerprint density at radius 2 is 1.73 bits per heavy atom. The number of hydrogen-bond donors (Lipinski definition) is 1. The van der Waals surface area contributed by atoms with Crippen molar-refractivity contribution in [3.63, 3.8) is 0 Å². The third-order valence-electron chi connectivity index (χ3n) is 3.36. The molecule has 1 aromatic heterocycles. The number of nitrogens with one attached hydrogen (secondary N) is 1. The maximum absolute atomic E-state index is 11.9. The first kappa shape index (κ1) is 14.5. The second-order valence-corrected chi connectivity index (χ2v) is 5.54. The van der Waals surface area contributed by atoms with E-state index in [1.807, 2.05) is 43.3 Å². The predicted octanol–water partition coefficient (Wildman–Crippen LogP) is 3.38. The minimum absolute atomic E-state index is 0.272. The first-order valence-electron chi connectivity index (χ1n) is 6.89. The third kappa shape index (κ3) is 3.23.